The van der Waals surface area contributed by atoms with Crippen molar-refractivity contribution in [3.63, 3.8) is 0 Å². The Bertz CT molecular complexity index is 832. The van der Waals surface area contributed by atoms with Crippen molar-refractivity contribution in [1.29, 1.82) is 0 Å². The minimum atomic E-state index is -0.149. The largest absolute Gasteiger partial charge is 1.00 e. The van der Waals surface area contributed by atoms with Gasteiger partial charge in [0.2, 0.25) is 0 Å². The van der Waals surface area contributed by atoms with E-state index in [1.54, 1.807) is 0 Å². The van der Waals surface area contributed by atoms with Gasteiger partial charge < -0.3 is 0 Å². The number of rotatable bonds is 11. The van der Waals surface area contributed by atoms with Crippen molar-refractivity contribution >= 4 is 565 Å². The third-order valence-corrected chi connectivity index (χ3v) is 87.5. The standard InChI is InChI=1S/C12I25.Na/c13-1(14)2(15,16)3(17,18)4(19,20)5(21,22)6(23,24)7(25,26)8(27,28)9(29,30)10(31,32)11(33,34)12(35,36)37;/q-1;+1. The van der Waals surface area contributed by atoms with E-state index in [4.69, 9.17) is 0 Å². The second-order valence-corrected chi connectivity index (χ2v) is 74.8. The van der Waals surface area contributed by atoms with Gasteiger partial charge in [-0.15, -0.1) is 0 Å². The first-order valence-electron chi connectivity index (χ1n) is 7.47. The molecular weight excluding hydrogens is 3340 g/mol. The molecule has 0 saturated heterocycles. The van der Waals surface area contributed by atoms with Crippen LogP contribution in [0.4, 0.5) is 0 Å². The zero-order valence-electron chi connectivity index (χ0n) is 16.4. The van der Waals surface area contributed by atoms with E-state index in [2.05, 4.69) is 565 Å². The average molecular weight is 3340 g/mol. The molecule has 38 heavy (non-hydrogen) atoms. The fourth-order valence-corrected chi connectivity index (χ4v) is 39.9. The molecule has 0 unspecified atom stereocenters. The summed E-state index contributed by atoms with van der Waals surface area (Å²) in [4.78, 5) is 0. The van der Waals surface area contributed by atoms with Crippen LogP contribution in [0.1, 0.15) is 0 Å². The fourth-order valence-electron chi connectivity index (χ4n) is 1.87. The summed E-state index contributed by atoms with van der Waals surface area (Å²) in [6, 6.07) is 0. The molecule has 0 rings (SSSR count). The molecule has 26 heteroatoms. The third kappa shape index (κ3) is 12.2. The second-order valence-electron chi connectivity index (χ2n) is 6.50. The number of hydrogen-bond acceptors (Lipinski definition) is 0. The van der Waals surface area contributed by atoms with E-state index < -0.39 is 0 Å². The molecule has 0 aromatic heterocycles. The topological polar surface area (TPSA) is 0 Å². The van der Waals surface area contributed by atoms with Crippen molar-refractivity contribution in [2.24, 2.45) is 0 Å². The van der Waals surface area contributed by atoms with Crippen molar-refractivity contribution in [2.45, 2.75) is 13.7 Å². The van der Waals surface area contributed by atoms with Crippen LogP contribution in [0.2, 0.25) is 0 Å². The molecule has 0 amide bonds. The van der Waals surface area contributed by atoms with E-state index in [9.17, 15) is 0 Å². The summed E-state index contributed by atoms with van der Waals surface area (Å²) in [5, 5.41) is 0. The van der Waals surface area contributed by atoms with Gasteiger partial charge in [-0.25, -0.2) is 0 Å². The van der Waals surface area contributed by atoms with Gasteiger partial charge >= 0.3 is 29.6 Å². The van der Waals surface area contributed by atoms with Gasteiger partial charge in [-0.05, 0) is 1.43 Å². The molecular formula is C12I25Na. The number of alkyl halides is 23. The molecule has 0 fully saturated rings. The van der Waals surface area contributed by atoms with Gasteiger partial charge in [-0.2, -0.15) is 1.93 Å². The first-order valence-corrected chi connectivity index (χ1v) is 34.4. The average Bonchev–Trinajstić information content (AvgIpc) is 2.65. The SMILES string of the molecule is I[C-](I)C(I)(I)C(I)(I)C(I)(I)C(I)(I)C(I)(I)C(I)(I)C(I)(I)C(I)(I)C(I)(I)C(I)(I)C(I)(I)I.[Na+]. The number of hydrogen-bond donors (Lipinski definition) is 0. The van der Waals surface area contributed by atoms with E-state index in [0.29, 0.717) is 0 Å². The predicted molar refractivity (Wildman–Crippen MR) is 384 cm³/mol. The molecule has 0 spiro atoms. The van der Waals surface area contributed by atoms with E-state index >= 15 is 0 Å². The second kappa shape index (κ2) is 22.0. The van der Waals surface area contributed by atoms with Gasteiger partial charge in [-0.1, -0.05) is 520 Å². The van der Waals surface area contributed by atoms with Crippen molar-refractivity contribution in [2.75, 3.05) is 0 Å². The molecule has 0 atom stereocenters. The summed E-state index contributed by atoms with van der Waals surface area (Å²) in [6.45, 7) is 0. The molecule has 0 aliphatic heterocycles. The summed E-state index contributed by atoms with van der Waals surface area (Å²) in [5.74, 6) is 0. The molecule has 0 aliphatic rings. The Labute approximate surface area is 589 Å². The Morgan fingerprint density at radius 1 is 0.263 bits per heavy atom. The van der Waals surface area contributed by atoms with Crippen LogP contribution < -0.4 is 29.6 Å². The maximum absolute atomic E-state index is 2.80. The Balaban J connectivity index is 0. The van der Waals surface area contributed by atoms with E-state index in [-0.39, 0.29) is 43.3 Å². The number of halogens is 25. The molecule has 0 nitrogen and oxygen atoms in total. The maximum atomic E-state index is 2.80. The molecule has 0 saturated carbocycles. The van der Waals surface area contributed by atoms with E-state index in [1.807, 2.05) is 0 Å². The molecule has 0 N–H and O–H groups in total. The Kier molecular flexibility index (Phi) is 34.4. The van der Waals surface area contributed by atoms with Gasteiger partial charge in [0, 0.05) is 0 Å². The first kappa shape index (κ1) is 59.3. The Hall–Kier alpha value is 19.3. The maximum Gasteiger partial charge on any atom is 1.00 e. The van der Waals surface area contributed by atoms with E-state index in [1.165, 1.54) is 1.93 Å². The molecule has 0 radical (unpaired) electrons. The Morgan fingerprint density at radius 3 is 0.579 bits per heavy atom. The van der Waals surface area contributed by atoms with Gasteiger partial charge in [-0.3, -0.25) is 45.2 Å². The normalized spacial score (nSPS) is 16.6. The monoisotopic (exact) mass is 3340 g/mol. The summed E-state index contributed by atoms with van der Waals surface area (Å²) in [6.07, 6.45) is 0. The van der Waals surface area contributed by atoms with Gasteiger partial charge in [0.05, 0.1) is 1.43 Å². The van der Waals surface area contributed by atoms with Crippen LogP contribution >= 0.6 is 565 Å². The molecule has 224 valence electrons. The first-order chi connectivity index (χ1) is 15.4. The zero-order chi connectivity index (χ0) is 31.1. The van der Waals surface area contributed by atoms with Crippen LogP contribution in [-0.2, 0) is 0 Å². The minimum absolute atomic E-state index is 0. The summed E-state index contributed by atoms with van der Waals surface area (Å²) in [7, 11) is 0. The summed E-state index contributed by atoms with van der Waals surface area (Å²) in [5.41, 5.74) is 0. The van der Waals surface area contributed by atoms with E-state index in [0.717, 1.165) is 0 Å². The van der Waals surface area contributed by atoms with Crippen LogP contribution in [0.25, 0.3) is 0 Å². The van der Waals surface area contributed by atoms with Crippen molar-refractivity contribution in [3.05, 3.63) is 1.93 Å². The fraction of sp³-hybridized carbons (Fsp3) is 0.917. The summed E-state index contributed by atoms with van der Waals surface area (Å²) < 4.78 is 0.391. The molecule has 0 aromatic carbocycles. The van der Waals surface area contributed by atoms with Crippen LogP contribution in [0.15, 0.2) is 0 Å². The quantitative estimate of drug-likeness (QED) is 0.0837. The minimum Gasteiger partial charge on any atom is -0.299 e. The van der Waals surface area contributed by atoms with Crippen LogP contribution in [-0.4, -0.2) is 13.7 Å². The third-order valence-electron chi connectivity index (χ3n) is 4.14. The summed E-state index contributed by atoms with van der Waals surface area (Å²) >= 11 is 68.0. The smallest absolute Gasteiger partial charge is 0.299 e. The van der Waals surface area contributed by atoms with Crippen molar-refractivity contribution in [1.82, 2.24) is 0 Å². The molecule has 0 aromatic rings. The molecule has 0 bridgehead atoms. The van der Waals surface area contributed by atoms with Crippen LogP contribution in [0, 0.1) is 1.93 Å². The van der Waals surface area contributed by atoms with Crippen LogP contribution in [0.3, 0.4) is 0 Å². The van der Waals surface area contributed by atoms with Gasteiger partial charge in [0.15, 0.2) is 0 Å². The van der Waals surface area contributed by atoms with Gasteiger partial charge in [0.25, 0.3) is 0 Å². The van der Waals surface area contributed by atoms with Crippen LogP contribution in [0.5, 0.6) is 0 Å². The van der Waals surface area contributed by atoms with Gasteiger partial charge in [0.1, 0.15) is 10.9 Å². The van der Waals surface area contributed by atoms with Crippen molar-refractivity contribution < 1.29 is 29.6 Å². The Morgan fingerprint density at radius 2 is 0.421 bits per heavy atom. The predicted octanol–water partition coefficient (Wildman–Crippen LogP) is 17.0. The molecule has 0 aliphatic carbocycles. The van der Waals surface area contributed by atoms with Crippen molar-refractivity contribution in [3.8, 4) is 0 Å². The zero-order valence-corrected chi connectivity index (χ0v) is 72.4. The molecule has 0 heterocycles.